The highest BCUT2D eigenvalue weighted by atomic mass is 35.5. The summed E-state index contributed by atoms with van der Waals surface area (Å²) in [6.45, 7) is 2.12. The minimum absolute atomic E-state index is 0.0683. The maximum absolute atomic E-state index is 6.19. The molecule has 0 aliphatic heterocycles. The van der Waals surface area contributed by atoms with Crippen LogP contribution >= 0.6 is 35.4 Å². The standard InChI is InChI=1S/C17H15Cl2N3S/c1-2-15(11-5-6-13(18)14(19)8-11)22-16(10-21-17(22)23)12-4-3-7-20-9-12/h3-10,15H,2H2,1H3,(H,21,23). The quantitative estimate of drug-likeness (QED) is 0.584. The second-order valence-electron chi connectivity index (χ2n) is 5.19. The summed E-state index contributed by atoms with van der Waals surface area (Å²) in [6.07, 6.45) is 6.37. The molecule has 0 amide bonds. The highest BCUT2D eigenvalue weighted by Gasteiger charge is 2.18. The number of hydrogen-bond donors (Lipinski definition) is 1. The van der Waals surface area contributed by atoms with Crippen LogP contribution in [0.25, 0.3) is 11.3 Å². The van der Waals surface area contributed by atoms with Crippen molar-refractivity contribution in [1.29, 1.82) is 0 Å². The third-order valence-corrected chi connectivity index (χ3v) is 4.85. The van der Waals surface area contributed by atoms with Crippen molar-refractivity contribution in [2.45, 2.75) is 19.4 Å². The number of halogens is 2. The van der Waals surface area contributed by atoms with E-state index in [-0.39, 0.29) is 6.04 Å². The van der Waals surface area contributed by atoms with Gasteiger partial charge in [0, 0.05) is 24.2 Å². The first kappa shape index (κ1) is 16.2. The third kappa shape index (κ3) is 3.20. The van der Waals surface area contributed by atoms with Crippen LogP contribution in [0.15, 0.2) is 48.9 Å². The Labute approximate surface area is 149 Å². The zero-order valence-electron chi connectivity index (χ0n) is 12.5. The average molecular weight is 364 g/mol. The zero-order chi connectivity index (χ0) is 16.4. The Kier molecular flexibility index (Phi) is 4.85. The number of hydrogen-bond acceptors (Lipinski definition) is 2. The van der Waals surface area contributed by atoms with E-state index in [1.807, 2.05) is 42.7 Å². The molecule has 1 aromatic carbocycles. The van der Waals surface area contributed by atoms with Gasteiger partial charge in [0.15, 0.2) is 4.77 Å². The van der Waals surface area contributed by atoms with E-state index in [2.05, 4.69) is 21.5 Å². The lowest BCUT2D eigenvalue weighted by Crippen LogP contribution is -2.11. The van der Waals surface area contributed by atoms with Gasteiger partial charge in [-0.15, -0.1) is 0 Å². The Morgan fingerprint density at radius 2 is 2.09 bits per heavy atom. The van der Waals surface area contributed by atoms with Crippen LogP contribution in [-0.2, 0) is 0 Å². The largest absolute Gasteiger partial charge is 0.337 e. The fourth-order valence-electron chi connectivity index (χ4n) is 2.71. The van der Waals surface area contributed by atoms with Crippen molar-refractivity contribution >= 4 is 35.4 Å². The molecular formula is C17H15Cl2N3S. The molecule has 0 saturated carbocycles. The smallest absolute Gasteiger partial charge is 0.178 e. The van der Waals surface area contributed by atoms with Crippen molar-refractivity contribution in [2.75, 3.05) is 0 Å². The van der Waals surface area contributed by atoms with Crippen LogP contribution in [0.1, 0.15) is 24.9 Å². The number of H-pyrrole nitrogens is 1. The first-order valence-corrected chi connectivity index (χ1v) is 8.43. The molecule has 0 bridgehead atoms. The first-order valence-electron chi connectivity index (χ1n) is 7.27. The monoisotopic (exact) mass is 363 g/mol. The number of aromatic nitrogens is 3. The topological polar surface area (TPSA) is 33.6 Å². The molecule has 2 aromatic heterocycles. The number of aromatic amines is 1. The molecule has 0 fully saturated rings. The zero-order valence-corrected chi connectivity index (χ0v) is 14.8. The van der Waals surface area contributed by atoms with Crippen LogP contribution in [-0.4, -0.2) is 14.5 Å². The number of imidazole rings is 1. The van der Waals surface area contributed by atoms with E-state index in [1.165, 1.54) is 0 Å². The van der Waals surface area contributed by atoms with Crippen LogP contribution < -0.4 is 0 Å². The molecule has 3 rings (SSSR count). The Morgan fingerprint density at radius 3 is 2.74 bits per heavy atom. The predicted octanol–water partition coefficient (Wildman–Crippen LogP) is 5.91. The summed E-state index contributed by atoms with van der Waals surface area (Å²) < 4.78 is 2.77. The summed E-state index contributed by atoms with van der Waals surface area (Å²) in [4.78, 5) is 7.33. The van der Waals surface area contributed by atoms with Gasteiger partial charge in [0.25, 0.3) is 0 Å². The van der Waals surface area contributed by atoms with E-state index in [4.69, 9.17) is 35.4 Å². The van der Waals surface area contributed by atoms with Crippen LogP contribution in [0.2, 0.25) is 10.0 Å². The molecular weight excluding hydrogens is 349 g/mol. The van der Waals surface area contributed by atoms with Gasteiger partial charge in [-0.2, -0.15) is 0 Å². The number of pyridine rings is 1. The van der Waals surface area contributed by atoms with Crippen molar-refractivity contribution in [1.82, 2.24) is 14.5 Å². The number of nitrogens with zero attached hydrogens (tertiary/aromatic N) is 2. The van der Waals surface area contributed by atoms with Gasteiger partial charge in [0.1, 0.15) is 0 Å². The van der Waals surface area contributed by atoms with Gasteiger partial charge in [0.2, 0.25) is 0 Å². The van der Waals surface area contributed by atoms with Gasteiger partial charge in [-0.3, -0.25) is 4.98 Å². The van der Waals surface area contributed by atoms with Crippen LogP contribution in [0.4, 0.5) is 0 Å². The third-order valence-electron chi connectivity index (χ3n) is 3.79. The van der Waals surface area contributed by atoms with Gasteiger partial charge in [-0.25, -0.2) is 0 Å². The normalized spacial score (nSPS) is 12.3. The van der Waals surface area contributed by atoms with Crippen LogP contribution in [0.5, 0.6) is 0 Å². The fraction of sp³-hybridized carbons (Fsp3) is 0.176. The number of nitrogens with one attached hydrogen (secondary N) is 1. The Balaban J connectivity index is 2.14. The summed E-state index contributed by atoms with van der Waals surface area (Å²) in [5.41, 5.74) is 3.09. The first-order chi connectivity index (χ1) is 11.1. The molecule has 0 aliphatic carbocycles. The summed E-state index contributed by atoms with van der Waals surface area (Å²) in [7, 11) is 0. The summed E-state index contributed by atoms with van der Waals surface area (Å²) in [5, 5.41) is 1.10. The molecule has 1 N–H and O–H groups in total. The van der Waals surface area contributed by atoms with Crippen molar-refractivity contribution in [3.63, 3.8) is 0 Å². The van der Waals surface area contributed by atoms with Crippen molar-refractivity contribution in [3.8, 4) is 11.3 Å². The van der Waals surface area contributed by atoms with E-state index < -0.39 is 0 Å². The Morgan fingerprint density at radius 1 is 1.26 bits per heavy atom. The lowest BCUT2D eigenvalue weighted by molar-refractivity contribution is 0.565. The number of benzene rings is 1. The Hall–Kier alpha value is -1.62. The minimum Gasteiger partial charge on any atom is -0.337 e. The van der Waals surface area contributed by atoms with Gasteiger partial charge in [-0.1, -0.05) is 36.2 Å². The van der Waals surface area contributed by atoms with E-state index in [0.29, 0.717) is 14.8 Å². The Bertz CT molecular complexity index is 871. The van der Waals surface area contributed by atoms with E-state index in [9.17, 15) is 0 Å². The second-order valence-corrected chi connectivity index (χ2v) is 6.39. The predicted molar refractivity (Wildman–Crippen MR) is 97.7 cm³/mol. The highest BCUT2D eigenvalue weighted by molar-refractivity contribution is 7.71. The molecule has 3 nitrogen and oxygen atoms in total. The maximum Gasteiger partial charge on any atom is 0.178 e. The van der Waals surface area contributed by atoms with Gasteiger partial charge in [0.05, 0.1) is 21.8 Å². The molecule has 118 valence electrons. The van der Waals surface area contributed by atoms with Crippen molar-refractivity contribution in [3.05, 3.63) is 69.3 Å². The molecule has 6 heteroatoms. The minimum atomic E-state index is 0.0683. The molecule has 23 heavy (non-hydrogen) atoms. The maximum atomic E-state index is 6.19. The van der Waals surface area contributed by atoms with E-state index in [1.54, 1.807) is 6.20 Å². The fourth-order valence-corrected chi connectivity index (χ4v) is 3.30. The molecule has 2 heterocycles. The second kappa shape index (κ2) is 6.87. The van der Waals surface area contributed by atoms with Gasteiger partial charge in [-0.05, 0) is 48.5 Å². The van der Waals surface area contributed by atoms with Crippen LogP contribution in [0.3, 0.4) is 0 Å². The highest BCUT2D eigenvalue weighted by Crippen LogP contribution is 2.32. The molecule has 0 saturated heterocycles. The molecule has 1 unspecified atom stereocenters. The summed E-state index contributed by atoms with van der Waals surface area (Å²) >= 11 is 17.7. The van der Waals surface area contributed by atoms with Crippen molar-refractivity contribution in [2.24, 2.45) is 0 Å². The van der Waals surface area contributed by atoms with Crippen molar-refractivity contribution < 1.29 is 0 Å². The van der Waals surface area contributed by atoms with Gasteiger partial charge >= 0.3 is 0 Å². The molecule has 3 aromatic rings. The number of rotatable bonds is 4. The SMILES string of the molecule is CCC(c1ccc(Cl)c(Cl)c1)n1c(-c2cccnc2)c[nH]c1=S. The molecule has 0 radical (unpaired) electrons. The molecule has 1 atom stereocenters. The van der Waals surface area contributed by atoms with Crippen LogP contribution in [0, 0.1) is 4.77 Å². The summed E-state index contributed by atoms with van der Waals surface area (Å²) in [6, 6.07) is 9.71. The lowest BCUT2D eigenvalue weighted by Gasteiger charge is -2.20. The van der Waals surface area contributed by atoms with E-state index >= 15 is 0 Å². The molecule has 0 aliphatic rings. The lowest BCUT2D eigenvalue weighted by atomic mass is 10.0. The summed E-state index contributed by atoms with van der Waals surface area (Å²) in [5.74, 6) is 0. The molecule has 0 spiro atoms. The van der Waals surface area contributed by atoms with E-state index in [0.717, 1.165) is 23.2 Å². The average Bonchev–Trinajstić information content (AvgIpc) is 2.94. The van der Waals surface area contributed by atoms with Gasteiger partial charge < -0.3 is 9.55 Å².